The third kappa shape index (κ3) is 3.81. The van der Waals surface area contributed by atoms with Gasteiger partial charge in [-0.15, -0.1) is 0 Å². The number of carbonyl (C=O) groups is 1. The molecule has 1 fully saturated rings. The van der Waals surface area contributed by atoms with E-state index in [1.165, 1.54) is 12.5 Å². The van der Waals surface area contributed by atoms with Crippen LogP contribution in [-0.2, 0) is 4.74 Å². The first-order valence-electron chi connectivity index (χ1n) is 6.80. The first kappa shape index (κ1) is 14.1. The maximum absolute atomic E-state index is 11.9. The molecular formula is C14H22N2O3. The summed E-state index contributed by atoms with van der Waals surface area (Å²) in [4.78, 5) is 14.3. The van der Waals surface area contributed by atoms with E-state index >= 15 is 0 Å². The Kier molecular flexibility index (Phi) is 4.99. The van der Waals surface area contributed by atoms with E-state index in [9.17, 15) is 4.79 Å². The Balaban J connectivity index is 1.88. The number of nitrogens with one attached hydrogen (secondary N) is 1. The lowest BCUT2D eigenvalue weighted by atomic mass is 10.0. The highest BCUT2D eigenvalue weighted by molar-refractivity contribution is 5.93. The van der Waals surface area contributed by atoms with Gasteiger partial charge in [-0.05, 0) is 12.0 Å². The minimum absolute atomic E-state index is 0.0762. The van der Waals surface area contributed by atoms with Crippen LogP contribution in [0, 0.1) is 5.92 Å². The molecule has 1 atom stereocenters. The third-order valence-corrected chi connectivity index (χ3v) is 3.54. The lowest BCUT2D eigenvalue weighted by molar-refractivity contribution is 0.00672. The fourth-order valence-corrected chi connectivity index (χ4v) is 2.39. The minimum atomic E-state index is -0.0762. The Morgan fingerprint density at radius 3 is 2.74 bits per heavy atom. The van der Waals surface area contributed by atoms with Crippen molar-refractivity contribution in [2.75, 3.05) is 32.8 Å². The Hall–Kier alpha value is -1.33. The van der Waals surface area contributed by atoms with E-state index in [-0.39, 0.29) is 5.91 Å². The maximum atomic E-state index is 11.9. The molecule has 0 bridgehead atoms. The fourth-order valence-electron chi connectivity index (χ4n) is 2.39. The molecule has 5 heteroatoms. The molecule has 0 spiro atoms. The second-order valence-electron chi connectivity index (χ2n) is 5.18. The van der Waals surface area contributed by atoms with E-state index in [0.717, 1.165) is 26.3 Å². The first-order valence-corrected chi connectivity index (χ1v) is 6.80. The quantitative estimate of drug-likeness (QED) is 0.874. The Morgan fingerprint density at radius 2 is 2.16 bits per heavy atom. The number of amides is 1. The number of rotatable bonds is 5. The fraction of sp³-hybridized carbons (Fsp3) is 0.643. The van der Waals surface area contributed by atoms with Crippen molar-refractivity contribution in [1.29, 1.82) is 0 Å². The lowest BCUT2D eigenvalue weighted by Gasteiger charge is -2.36. The first-order chi connectivity index (χ1) is 9.18. The molecule has 1 amide bonds. The molecule has 0 aromatic carbocycles. The van der Waals surface area contributed by atoms with Gasteiger partial charge >= 0.3 is 0 Å². The van der Waals surface area contributed by atoms with Crippen molar-refractivity contribution in [1.82, 2.24) is 10.2 Å². The van der Waals surface area contributed by atoms with E-state index < -0.39 is 0 Å². The molecule has 106 valence electrons. The molecule has 1 aromatic rings. The van der Waals surface area contributed by atoms with Gasteiger partial charge in [0.15, 0.2) is 0 Å². The molecule has 1 aliphatic heterocycles. The molecule has 5 nitrogen and oxygen atoms in total. The van der Waals surface area contributed by atoms with Crippen LogP contribution >= 0.6 is 0 Å². The normalized spacial score (nSPS) is 18.5. The van der Waals surface area contributed by atoms with Crippen LogP contribution < -0.4 is 5.32 Å². The standard InChI is InChI=1S/C14H22N2O3/c1-11(2)13(16-4-7-18-8-5-16)9-15-14(17)12-3-6-19-10-12/h3,6,10-11,13H,4-5,7-9H2,1-2H3,(H,15,17). The summed E-state index contributed by atoms with van der Waals surface area (Å²) >= 11 is 0. The number of furan rings is 1. The van der Waals surface area contributed by atoms with Gasteiger partial charge in [-0.3, -0.25) is 9.69 Å². The summed E-state index contributed by atoms with van der Waals surface area (Å²) in [5, 5.41) is 2.98. The minimum Gasteiger partial charge on any atom is -0.472 e. The molecule has 1 aromatic heterocycles. The highest BCUT2D eigenvalue weighted by Gasteiger charge is 2.24. The van der Waals surface area contributed by atoms with Crippen molar-refractivity contribution in [3.05, 3.63) is 24.2 Å². The number of morpholine rings is 1. The zero-order valence-corrected chi connectivity index (χ0v) is 11.6. The summed E-state index contributed by atoms with van der Waals surface area (Å²) in [6, 6.07) is 2.02. The van der Waals surface area contributed by atoms with Crippen molar-refractivity contribution in [3.8, 4) is 0 Å². The van der Waals surface area contributed by atoms with Crippen molar-refractivity contribution in [2.24, 2.45) is 5.92 Å². The van der Waals surface area contributed by atoms with Crippen molar-refractivity contribution >= 4 is 5.91 Å². The van der Waals surface area contributed by atoms with E-state index in [1.54, 1.807) is 6.07 Å². The summed E-state index contributed by atoms with van der Waals surface area (Å²) in [5.74, 6) is 0.412. The Morgan fingerprint density at radius 1 is 1.42 bits per heavy atom. The molecule has 1 saturated heterocycles. The molecule has 19 heavy (non-hydrogen) atoms. The number of ether oxygens (including phenoxy) is 1. The molecule has 1 aliphatic rings. The molecule has 1 N–H and O–H groups in total. The van der Waals surface area contributed by atoms with Crippen LogP contribution in [0.1, 0.15) is 24.2 Å². The van der Waals surface area contributed by atoms with Crippen LogP contribution in [0.2, 0.25) is 0 Å². The predicted octanol–water partition coefficient (Wildman–Crippen LogP) is 1.37. The monoisotopic (exact) mass is 266 g/mol. The van der Waals surface area contributed by atoms with Gasteiger partial charge in [0.05, 0.1) is 25.0 Å². The van der Waals surface area contributed by atoms with Crippen LogP contribution in [-0.4, -0.2) is 49.7 Å². The number of hydrogen-bond donors (Lipinski definition) is 1. The molecule has 1 unspecified atom stereocenters. The highest BCUT2D eigenvalue weighted by atomic mass is 16.5. The van der Waals surface area contributed by atoms with Crippen LogP contribution in [0.5, 0.6) is 0 Å². The van der Waals surface area contributed by atoms with Crippen molar-refractivity contribution in [3.63, 3.8) is 0 Å². The second kappa shape index (κ2) is 6.73. The smallest absolute Gasteiger partial charge is 0.254 e. The number of nitrogens with zero attached hydrogens (tertiary/aromatic N) is 1. The van der Waals surface area contributed by atoms with Gasteiger partial charge < -0.3 is 14.5 Å². The largest absolute Gasteiger partial charge is 0.472 e. The summed E-state index contributed by atoms with van der Waals surface area (Å²) < 4.78 is 10.3. The van der Waals surface area contributed by atoms with Crippen LogP contribution in [0.3, 0.4) is 0 Å². The van der Waals surface area contributed by atoms with E-state index in [2.05, 4.69) is 24.1 Å². The van der Waals surface area contributed by atoms with Crippen LogP contribution in [0.25, 0.3) is 0 Å². The molecule has 2 heterocycles. The Labute approximate surface area is 113 Å². The van der Waals surface area contributed by atoms with Crippen molar-refractivity contribution in [2.45, 2.75) is 19.9 Å². The van der Waals surface area contributed by atoms with E-state index in [0.29, 0.717) is 24.1 Å². The number of carbonyl (C=O) groups excluding carboxylic acids is 1. The SMILES string of the molecule is CC(C)C(CNC(=O)c1ccoc1)N1CCOCC1. The topological polar surface area (TPSA) is 54.7 Å². The third-order valence-electron chi connectivity index (χ3n) is 3.54. The maximum Gasteiger partial charge on any atom is 0.254 e. The van der Waals surface area contributed by atoms with E-state index in [1.807, 2.05) is 0 Å². The molecule has 0 saturated carbocycles. The molecular weight excluding hydrogens is 244 g/mol. The Bertz CT molecular complexity index is 383. The zero-order valence-electron chi connectivity index (χ0n) is 11.6. The summed E-state index contributed by atoms with van der Waals surface area (Å²) in [5.41, 5.74) is 0.574. The predicted molar refractivity (Wildman–Crippen MR) is 72.1 cm³/mol. The second-order valence-corrected chi connectivity index (χ2v) is 5.18. The molecule has 0 aliphatic carbocycles. The van der Waals surface area contributed by atoms with Crippen LogP contribution in [0.4, 0.5) is 0 Å². The van der Waals surface area contributed by atoms with Gasteiger partial charge in [-0.1, -0.05) is 13.8 Å². The van der Waals surface area contributed by atoms with Gasteiger partial charge in [0.2, 0.25) is 0 Å². The summed E-state index contributed by atoms with van der Waals surface area (Å²) in [7, 11) is 0. The lowest BCUT2D eigenvalue weighted by Crippen LogP contribution is -2.51. The summed E-state index contributed by atoms with van der Waals surface area (Å²) in [6.45, 7) is 8.45. The average molecular weight is 266 g/mol. The van der Waals surface area contributed by atoms with Gasteiger partial charge in [0.25, 0.3) is 5.91 Å². The number of hydrogen-bond acceptors (Lipinski definition) is 4. The zero-order chi connectivity index (χ0) is 13.7. The van der Waals surface area contributed by atoms with Gasteiger partial charge in [-0.25, -0.2) is 0 Å². The summed E-state index contributed by atoms with van der Waals surface area (Å²) in [6.07, 6.45) is 2.98. The van der Waals surface area contributed by atoms with Crippen LogP contribution in [0.15, 0.2) is 23.0 Å². The van der Waals surface area contributed by atoms with Gasteiger partial charge in [-0.2, -0.15) is 0 Å². The average Bonchev–Trinajstić information content (AvgIpc) is 2.93. The molecule has 2 rings (SSSR count). The van der Waals surface area contributed by atoms with Crippen molar-refractivity contribution < 1.29 is 13.9 Å². The van der Waals surface area contributed by atoms with Gasteiger partial charge in [0, 0.05) is 25.7 Å². The van der Waals surface area contributed by atoms with Gasteiger partial charge in [0.1, 0.15) is 6.26 Å². The highest BCUT2D eigenvalue weighted by Crippen LogP contribution is 2.12. The molecule has 0 radical (unpaired) electrons. The van der Waals surface area contributed by atoms with E-state index in [4.69, 9.17) is 9.15 Å².